The molecule has 0 amide bonds. The standard InChI is InChI=1S/C15H25NO2/c1-4-9-17-10-11-18-15(12-16-3)14-8-6-5-7-13(14)2/h5-8,15-16H,4,9-12H2,1-3H3. The van der Waals surface area contributed by atoms with E-state index in [1.807, 2.05) is 7.05 Å². The van der Waals surface area contributed by atoms with E-state index in [0.29, 0.717) is 13.2 Å². The fourth-order valence-corrected chi connectivity index (χ4v) is 1.89. The molecule has 0 saturated heterocycles. The molecule has 0 aliphatic carbocycles. The molecule has 0 saturated carbocycles. The highest BCUT2D eigenvalue weighted by atomic mass is 16.5. The van der Waals surface area contributed by atoms with Crippen LogP contribution in [-0.2, 0) is 9.47 Å². The van der Waals surface area contributed by atoms with E-state index >= 15 is 0 Å². The lowest BCUT2D eigenvalue weighted by atomic mass is 10.0. The average Bonchev–Trinajstić information content (AvgIpc) is 2.38. The molecule has 0 aromatic heterocycles. The van der Waals surface area contributed by atoms with E-state index in [9.17, 15) is 0 Å². The molecule has 18 heavy (non-hydrogen) atoms. The van der Waals surface area contributed by atoms with Crippen molar-refractivity contribution >= 4 is 0 Å². The molecular formula is C15H25NO2. The molecule has 0 aliphatic rings. The summed E-state index contributed by atoms with van der Waals surface area (Å²) in [5.74, 6) is 0. The van der Waals surface area contributed by atoms with Crippen LogP contribution in [0, 0.1) is 6.92 Å². The molecule has 3 nitrogen and oxygen atoms in total. The second-order valence-corrected chi connectivity index (χ2v) is 4.39. The lowest BCUT2D eigenvalue weighted by molar-refractivity contribution is 0.00473. The minimum Gasteiger partial charge on any atom is -0.379 e. The number of benzene rings is 1. The molecule has 1 aromatic rings. The number of ether oxygens (including phenoxy) is 2. The second-order valence-electron chi connectivity index (χ2n) is 4.39. The van der Waals surface area contributed by atoms with Crippen molar-refractivity contribution in [3.63, 3.8) is 0 Å². The van der Waals surface area contributed by atoms with Crippen LogP contribution < -0.4 is 5.32 Å². The van der Waals surface area contributed by atoms with Gasteiger partial charge in [0, 0.05) is 13.2 Å². The maximum absolute atomic E-state index is 5.91. The zero-order valence-electron chi connectivity index (χ0n) is 11.7. The van der Waals surface area contributed by atoms with Crippen LogP contribution in [0.25, 0.3) is 0 Å². The zero-order valence-corrected chi connectivity index (χ0v) is 11.7. The summed E-state index contributed by atoms with van der Waals surface area (Å²) in [5, 5.41) is 3.18. The first kappa shape index (κ1) is 15.2. The molecular weight excluding hydrogens is 226 g/mol. The van der Waals surface area contributed by atoms with Crippen molar-refractivity contribution < 1.29 is 9.47 Å². The Kier molecular flexibility index (Phi) is 7.65. The summed E-state index contributed by atoms with van der Waals surface area (Å²) in [6, 6.07) is 8.36. The Bertz CT molecular complexity index is 328. The molecule has 0 radical (unpaired) electrons. The molecule has 0 aliphatic heterocycles. The van der Waals surface area contributed by atoms with Gasteiger partial charge in [0.05, 0.1) is 19.3 Å². The Morgan fingerprint density at radius 2 is 1.94 bits per heavy atom. The van der Waals surface area contributed by atoms with E-state index in [2.05, 4.69) is 43.4 Å². The van der Waals surface area contributed by atoms with Gasteiger partial charge < -0.3 is 14.8 Å². The summed E-state index contributed by atoms with van der Waals surface area (Å²) < 4.78 is 11.3. The maximum Gasteiger partial charge on any atom is 0.0952 e. The number of likely N-dealkylation sites (N-methyl/N-ethyl adjacent to an activating group) is 1. The fourth-order valence-electron chi connectivity index (χ4n) is 1.89. The number of aryl methyl sites for hydroxylation is 1. The number of hydrogen-bond donors (Lipinski definition) is 1. The van der Waals surface area contributed by atoms with Crippen molar-refractivity contribution in [3.05, 3.63) is 35.4 Å². The molecule has 1 atom stereocenters. The maximum atomic E-state index is 5.91. The van der Waals surface area contributed by atoms with Crippen molar-refractivity contribution in [1.82, 2.24) is 5.32 Å². The topological polar surface area (TPSA) is 30.5 Å². The third-order valence-corrected chi connectivity index (χ3v) is 2.82. The smallest absolute Gasteiger partial charge is 0.0952 e. The van der Waals surface area contributed by atoms with Gasteiger partial charge in [0.2, 0.25) is 0 Å². The van der Waals surface area contributed by atoms with Crippen LogP contribution in [0.15, 0.2) is 24.3 Å². The van der Waals surface area contributed by atoms with Crippen molar-refractivity contribution in [2.75, 3.05) is 33.4 Å². The zero-order chi connectivity index (χ0) is 13.2. The van der Waals surface area contributed by atoms with Crippen LogP contribution in [-0.4, -0.2) is 33.4 Å². The third kappa shape index (κ3) is 5.17. The summed E-state index contributed by atoms with van der Waals surface area (Å²) in [5.41, 5.74) is 2.52. The molecule has 0 spiro atoms. The van der Waals surface area contributed by atoms with Gasteiger partial charge in [-0.05, 0) is 31.5 Å². The summed E-state index contributed by atoms with van der Waals surface area (Å²) in [4.78, 5) is 0. The van der Waals surface area contributed by atoms with Crippen LogP contribution in [0.3, 0.4) is 0 Å². The van der Waals surface area contributed by atoms with Gasteiger partial charge in [0.1, 0.15) is 0 Å². The first-order valence-electron chi connectivity index (χ1n) is 6.69. The molecule has 1 rings (SSSR count). The predicted octanol–water partition coefficient (Wildman–Crippen LogP) is 2.70. The summed E-state index contributed by atoms with van der Waals surface area (Å²) in [6.07, 6.45) is 1.15. The highest BCUT2D eigenvalue weighted by molar-refractivity contribution is 5.28. The molecule has 1 unspecified atom stereocenters. The largest absolute Gasteiger partial charge is 0.379 e. The van der Waals surface area contributed by atoms with Crippen molar-refractivity contribution in [1.29, 1.82) is 0 Å². The van der Waals surface area contributed by atoms with Gasteiger partial charge in [-0.15, -0.1) is 0 Å². The quantitative estimate of drug-likeness (QED) is 0.685. The molecule has 102 valence electrons. The summed E-state index contributed by atoms with van der Waals surface area (Å²) in [6.45, 7) is 7.16. The first-order chi connectivity index (χ1) is 8.79. The minimum absolute atomic E-state index is 0.0985. The van der Waals surface area contributed by atoms with Gasteiger partial charge in [-0.1, -0.05) is 31.2 Å². The number of nitrogens with one attached hydrogen (secondary N) is 1. The van der Waals surface area contributed by atoms with Crippen LogP contribution >= 0.6 is 0 Å². The Hall–Kier alpha value is -0.900. The van der Waals surface area contributed by atoms with E-state index in [4.69, 9.17) is 9.47 Å². The van der Waals surface area contributed by atoms with Crippen LogP contribution in [0.1, 0.15) is 30.6 Å². The van der Waals surface area contributed by atoms with Gasteiger partial charge in [0.15, 0.2) is 0 Å². The minimum atomic E-state index is 0.0985. The molecule has 0 fully saturated rings. The van der Waals surface area contributed by atoms with Crippen molar-refractivity contribution in [2.45, 2.75) is 26.4 Å². The Labute approximate surface area is 110 Å². The number of rotatable bonds is 9. The highest BCUT2D eigenvalue weighted by Gasteiger charge is 2.12. The van der Waals surface area contributed by atoms with E-state index in [1.54, 1.807) is 0 Å². The van der Waals surface area contributed by atoms with Gasteiger partial charge in [-0.3, -0.25) is 0 Å². The van der Waals surface area contributed by atoms with E-state index in [-0.39, 0.29) is 6.10 Å². The Morgan fingerprint density at radius 3 is 2.61 bits per heavy atom. The highest BCUT2D eigenvalue weighted by Crippen LogP contribution is 2.20. The summed E-state index contributed by atoms with van der Waals surface area (Å²) >= 11 is 0. The molecule has 1 N–H and O–H groups in total. The molecule has 0 bridgehead atoms. The van der Waals surface area contributed by atoms with E-state index in [0.717, 1.165) is 19.6 Å². The van der Waals surface area contributed by atoms with Gasteiger partial charge in [-0.25, -0.2) is 0 Å². The summed E-state index contributed by atoms with van der Waals surface area (Å²) in [7, 11) is 1.95. The van der Waals surface area contributed by atoms with Crippen LogP contribution in [0.2, 0.25) is 0 Å². The normalized spacial score (nSPS) is 12.6. The Morgan fingerprint density at radius 1 is 1.17 bits per heavy atom. The van der Waals surface area contributed by atoms with Gasteiger partial charge in [0.25, 0.3) is 0 Å². The molecule has 1 aromatic carbocycles. The van der Waals surface area contributed by atoms with Gasteiger partial charge in [-0.2, -0.15) is 0 Å². The lowest BCUT2D eigenvalue weighted by Crippen LogP contribution is -2.22. The molecule has 3 heteroatoms. The lowest BCUT2D eigenvalue weighted by Gasteiger charge is -2.20. The average molecular weight is 251 g/mol. The van der Waals surface area contributed by atoms with Crippen LogP contribution in [0.5, 0.6) is 0 Å². The second kappa shape index (κ2) is 9.09. The van der Waals surface area contributed by atoms with Crippen molar-refractivity contribution in [2.24, 2.45) is 0 Å². The SMILES string of the molecule is CCCOCCOC(CNC)c1ccccc1C. The van der Waals surface area contributed by atoms with Gasteiger partial charge >= 0.3 is 0 Å². The fraction of sp³-hybridized carbons (Fsp3) is 0.600. The van der Waals surface area contributed by atoms with E-state index in [1.165, 1.54) is 11.1 Å². The Balaban J connectivity index is 2.47. The van der Waals surface area contributed by atoms with Crippen LogP contribution in [0.4, 0.5) is 0 Å². The predicted molar refractivity (Wildman–Crippen MR) is 74.9 cm³/mol. The molecule has 0 heterocycles. The monoisotopic (exact) mass is 251 g/mol. The first-order valence-corrected chi connectivity index (χ1v) is 6.69. The van der Waals surface area contributed by atoms with E-state index < -0.39 is 0 Å². The number of hydrogen-bond acceptors (Lipinski definition) is 3. The van der Waals surface area contributed by atoms with Crippen molar-refractivity contribution in [3.8, 4) is 0 Å². The third-order valence-electron chi connectivity index (χ3n) is 2.82.